The lowest BCUT2D eigenvalue weighted by Gasteiger charge is -2.38. The van der Waals surface area contributed by atoms with E-state index in [0.717, 1.165) is 49.7 Å². The fraction of sp³-hybridized carbons (Fsp3) is 0.650. The summed E-state index contributed by atoms with van der Waals surface area (Å²) >= 11 is 7.06. The number of rotatable bonds is 5. The second kappa shape index (κ2) is 8.67. The molecule has 4 rings (SSSR count). The number of hydrogen-bond acceptors (Lipinski definition) is 6. The Kier molecular flexibility index (Phi) is 6.19. The molecule has 2 aromatic rings. The van der Waals surface area contributed by atoms with Gasteiger partial charge < -0.3 is 9.64 Å². The van der Waals surface area contributed by atoms with Gasteiger partial charge in [-0.25, -0.2) is 0 Å². The van der Waals surface area contributed by atoms with Gasteiger partial charge in [0, 0.05) is 32.2 Å². The lowest BCUT2D eigenvalue weighted by Crippen LogP contribution is -2.51. The third kappa shape index (κ3) is 4.33. The monoisotopic (exact) mass is 435 g/mol. The van der Waals surface area contributed by atoms with Crippen LogP contribution in [-0.2, 0) is 9.53 Å². The third-order valence-electron chi connectivity index (χ3n) is 5.82. The van der Waals surface area contributed by atoms with Crippen LogP contribution in [0.25, 0.3) is 10.7 Å². The molecule has 2 aliphatic heterocycles. The number of carbonyl (C=O) groups excluding carboxylic acids is 1. The number of aromatic nitrogens is 3. The van der Waals surface area contributed by atoms with E-state index in [1.54, 1.807) is 11.3 Å². The van der Waals surface area contributed by atoms with Crippen LogP contribution in [-0.4, -0.2) is 74.9 Å². The van der Waals surface area contributed by atoms with E-state index in [1.807, 2.05) is 29.0 Å². The quantitative estimate of drug-likeness (QED) is 0.730. The summed E-state index contributed by atoms with van der Waals surface area (Å²) in [7, 11) is 0. The van der Waals surface area contributed by atoms with Crippen molar-refractivity contribution in [1.82, 2.24) is 24.6 Å². The van der Waals surface area contributed by atoms with Crippen LogP contribution < -0.4 is 0 Å². The molecule has 0 aromatic carbocycles. The highest BCUT2D eigenvalue weighted by atomic mass is 32.1. The van der Waals surface area contributed by atoms with Crippen LogP contribution in [0.1, 0.15) is 39.7 Å². The first-order valence-electron chi connectivity index (χ1n) is 10.3. The molecule has 2 aliphatic rings. The molecule has 0 radical (unpaired) electrons. The molecule has 4 atom stereocenters. The van der Waals surface area contributed by atoms with Crippen molar-refractivity contribution in [2.45, 2.75) is 57.9 Å². The van der Waals surface area contributed by atoms with Crippen molar-refractivity contribution in [3.63, 3.8) is 0 Å². The predicted molar refractivity (Wildman–Crippen MR) is 117 cm³/mol. The van der Waals surface area contributed by atoms with E-state index >= 15 is 0 Å². The van der Waals surface area contributed by atoms with E-state index in [9.17, 15) is 4.79 Å². The molecule has 29 heavy (non-hydrogen) atoms. The van der Waals surface area contributed by atoms with Gasteiger partial charge in [0.25, 0.3) is 0 Å². The minimum absolute atomic E-state index is 0.122. The lowest BCUT2D eigenvalue weighted by atomic mass is 10.1. The zero-order valence-corrected chi connectivity index (χ0v) is 18.8. The van der Waals surface area contributed by atoms with Crippen LogP contribution in [0.5, 0.6) is 0 Å². The fourth-order valence-corrected chi connectivity index (χ4v) is 5.64. The first kappa shape index (κ1) is 20.7. The Labute approximate surface area is 180 Å². The first-order valence-corrected chi connectivity index (χ1v) is 11.6. The van der Waals surface area contributed by atoms with Gasteiger partial charge in [-0.05, 0) is 57.3 Å². The number of carbonyl (C=O) groups is 1. The summed E-state index contributed by atoms with van der Waals surface area (Å²) in [6.45, 7) is 9.73. The first-order chi connectivity index (χ1) is 13.9. The standard InChI is InChI=1S/C20H29N5O2S2/c1-13-10-23(11-14(2)27-13)12-16-6-4-8-24(16)19(26)15(3)25-18(21-22-20(25)28)17-7-5-9-29-17/h5,7,9,13-16H,4,6,8,10-12H2,1-3H3,(H,22,28). The number of likely N-dealkylation sites (tertiary alicyclic amines) is 1. The number of nitrogens with one attached hydrogen (secondary N) is 1. The minimum Gasteiger partial charge on any atom is -0.373 e. The number of H-pyrrole nitrogens is 1. The molecule has 0 bridgehead atoms. The fourth-order valence-electron chi connectivity index (χ4n) is 4.64. The molecule has 2 fully saturated rings. The number of hydrogen-bond donors (Lipinski definition) is 1. The highest BCUT2D eigenvalue weighted by Crippen LogP contribution is 2.28. The van der Waals surface area contributed by atoms with Crippen LogP contribution in [0.2, 0.25) is 0 Å². The van der Waals surface area contributed by atoms with Gasteiger partial charge in [0.1, 0.15) is 6.04 Å². The number of thiophene rings is 1. The van der Waals surface area contributed by atoms with Crippen LogP contribution >= 0.6 is 23.6 Å². The smallest absolute Gasteiger partial charge is 0.245 e. The van der Waals surface area contributed by atoms with E-state index in [-0.39, 0.29) is 30.2 Å². The summed E-state index contributed by atoms with van der Waals surface area (Å²) in [6, 6.07) is 3.84. The van der Waals surface area contributed by atoms with Gasteiger partial charge in [-0.1, -0.05) is 6.07 Å². The molecule has 9 heteroatoms. The lowest BCUT2D eigenvalue weighted by molar-refractivity contribution is -0.136. The third-order valence-corrected chi connectivity index (χ3v) is 6.97. The Bertz CT molecular complexity index is 883. The van der Waals surface area contributed by atoms with E-state index in [2.05, 4.69) is 33.8 Å². The van der Waals surface area contributed by atoms with Crippen molar-refractivity contribution in [1.29, 1.82) is 0 Å². The average Bonchev–Trinajstić information content (AvgIpc) is 3.40. The number of amides is 1. The Hall–Kier alpha value is -1.55. The van der Waals surface area contributed by atoms with Gasteiger partial charge >= 0.3 is 0 Å². The van der Waals surface area contributed by atoms with Crippen LogP contribution in [0.15, 0.2) is 17.5 Å². The van der Waals surface area contributed by atoms with Gasteiger partial charge in [0.15, 0.2) is 10.6 Å². The molecular weight excluding hydrogens is 406 g/mol. The molecule has 0 saturated carbocycles. The molecule has 0 spiro atoms. The maximum absolute atomic E-state index is 13.5. The Morgan fingerprint density at radius 2 is 2.17 bits per heavy atom. The topological polar surface area (TPSA) is 66.4 Å². The summed E-state index contributed by atoms with van der Waals surface area (Å²) in [5, 5.41) is 9.25. The molecule has 1 N–H and O–H groups in total. The van der Waals surface area contributed by atoms with E-state index in [1.165, 1.54) is 0 Å². The van der Waals surface area contributed by atoms with Crippen molar-refractivity contribution >= 4 is 29.5 Å². The second-order valence-corrected chi connectivity index (χ2v) is 9.51. The molecule has 1 amide bonds. The average molecular weight is 436 g/mol. The van der Waals surface area contributed by atoms with E-state index in [0.29, 0.717) is 4.77 Å². The van der Waals surface area contributed by atoms with E-state index in [4.69, 9.17) is 17.0 Å². The maximum Gasteiger partial charge on any atom is 0.245 e. The molecular formula is C20H29N5O2S2. The molecule has 2 saturated heterocycles. The summed E-state index contributed by atoms with van der Waals surface area (Å²) in [4.78, 5) is 19.0. The molecule has 158 valence electrons. The van der Waals surface area contributed by atoms with Gasteiger partial charge in [0.2, 0.25) is 5.91 Å². The zero-order chi connectivity index (χ0) is 20.5. The highest BCUT2D eigenvalue weighted by molar-refractivity contribution is 7.71. The highest BCUT2D eigenvalue weighted by Gasteiger charge is 2.35. The van der Waals surface area contributed by atoms with E-state index < -0.39 is 0 Å². The molecule has 7 nitrogen and oxygen atoms in total. The van der Waals surface area contributed by atoms with Crippen molar-refractivity contribution < 1.29 is 9.53 Å². The molecule has 4 heterocycles. The Balaban J connectivity index is 1.50. The number of morpholine rings is 1. The minimum atomic E-state index is -0.388. The summed E-state index contributed by atoms with van der Waals surface area (Å²) in [5.41, 5.74) is 0. The number of ether oxygens (including phenoxy) is 1. The summed E-state index contributed by atoms with van der Waals surface area (Å²) in [6.07, 6.45) is 2.57. The molecule has 2 aromatic heterocycles. The van der Waals surface area contributed by atoms with Crippen LogP contribution in [0, 0.1) is 4.77 Å². The molecule has 0 aliphatic carbocycles. The van der Waals surface area contributed by atoms with Crippen molar-refractivity contribution in [3.05, 3.63) is 22.3 Å². The van der Waals surface area contributed by atoms with Crippen LogP contribution in [0.3, 0.4) is 0 Å². The van der Waals surface area contributed by atoms with Crippen molar-refractivity contribution in [3.8, 4) is 10.7 Å². The normalized spacial score (nSPS) is 26.7. The summed E-state index contributed by atoms with van der Waals surface area (Å²) < 4.78 is 8.20. The van der Waals surface area contributed by atoms with Gasteiger partial charge in [-0.15, -0.1) is 11.3 Å². The van der Waals surface area contributed by atoms with Gasteiger partial charge in [-0.3, -0.25) is 19.4 Å². The summed E-state index contributed by atoms with van der Waals surface area (Å²) in [5.74, 6) is 0.856. The Morgan fingerprint density at radius 1 is 1.41 bits per heavy atom. The predicted octanol–water partition coefficient (Wildman–Crippen LogP) is 3.33. The maximum atomic E-state index is 13.5. The SMILES string of the molecule is CC1CN(CC2CCCN2C(=O)C(C)n2c(-c3cccs3)n[nH]c2=S)CC(C)O1. The largest absolute Gasteiger partial charge is 0.373 e. The Morgan fingerprint density at radius 3 is 2.86 bits per heavy atom. The van der Waals surface area contributed by atoms with Gasteiger partial charge in [-0.2, -0.15) is 5.10 Å². The van der Waals surface area contributed by atoms with Crippen molar-refractivity contribution in [2.75, 3.05) is 26.2 Å². The van der Waals surface area contributed by atoms with Crippen molar-refractivity contribution in [2.24, 2.45) is 0 Å². The van der Waals surface area contributed by atoms with Gasteiger partial charge in [0.05, 0.1) is 17.1 Å². The number of nitrogens with zero attached hydrogens (tertiary/aromatic N) is 4. The zero-order valence-electron chi connectivity index (χ0n) is 17.2. The molecule has 4 unspecified atom stereocenters. The van der Waals surface area contributed by atoms with Crippen LogP contribution in [0.4, 0.5) is 0 Å². The second-order valence-electron chi connectivity index (χ2n) is 8.18. The number of aromatic amines is 1.